The Labute approximate surface area is 159 Å². The lowest BCUT2D eigenvalue weighted by Gasteiger charge is -2.21. The van der Waals surface area contributed by atoms with E-state index >= 15 is 0 Å². The average Bonchev–Trinajstić information content (AvgIpc) is 2.61. The molecule has 1 aliphatic heterocycles. The molecule has 1 amide bonds. The van der Waals surface area contributed by atoms with Gasteiger partial charge in [-0.25, -0.2) is 4.39 Å². The summed E-state index contributed by atoms with van der Waals surface area (Å²) in [7, 11) is 0. The Bertz CT molecular complexity index is 856. The summed E-state index contributed by atoms with van der Waals surface area (Å²) in [5.74, 6) is -0.991. The SMILES string of the molecule is O=C(O)CC(NC(=O)Cc1cc(Cl)c2c(c1)OCCO2)c1ccc(F)cc1. The van der Waals surface area contributed by atoms with Crippen LogP contribution in [0, 0.1) is 5.82 Å². The van der Waals surface area contributed by atoms with E-state index in [0.717, 1.165) is 0 Å². The summed E-state index contributed by atoms with van der Waals surface area (Å²) in [4.78, 5) is 23.6. The van der Waals surface area contributed by atoms with Crippen LogP contribution in [0.5, 0.6) is 11.5 Å². The highest BCUT2D eigenvalue weighted by atomic mass is 35.5. The molecule has 142 valence electrons. The summed E-state index contributed by atoms with van der Waals surface area (Å²) in [5.41, 5.74) is 1.11. The first-order valence-electron chi connectivity index (χ1n) is 8.27. The first-order valence-corrected chi connectivity index (χ1v) is 8.65. The van der Waals surface area contributed by atoms with Crippen molar-refractivity contribution in [1.82, 2.24) is 5.32 Å². The summed E-state index contributed by atoms with van der Waals surface area (Å²) in [6, 6.07) is 7.84. The Kier molecular flexibility index (Phi) is 5.81. The third-order valence-electron chi connectivity index (χ3n) is 4.01. The van der Waals surface area contributed by atoms with Crippen LogP contribution < -0.4 is 14.8 Å². The number of carboxylic acids is 1. The minimum absolute atomic E-state index is 0.0202. The molecule has 1 atom stereocenters. The topological polar surface area (TPSA) is 84.9 Å². The van der Waals surface area contributed by atoms with E-state index in [9.17, 15) is 14.0 Å². The van der Waals surface area contributed by atoms with Gasteiger partial charge in [-0.15, -0.1) is 0 Å². The van der Waals surface area contributed by atoms with Crippen molar-refractivity contribution in [1.29, 1.82) is 0 Å². The van der Waals surface area contributed by atoms with Crippen LogP contribution in [0.4, 0.5) is 4.39 Å². The van der Waals surface area contributed by atoms with Gasteiger partial charge in [-0.05, 0) is 35.4 Å². The van der Waals surface area contributed by atoms with Gasteiger partial charge in [-0.3, -0.25) is 9.59 Å². The monoisotopic (exact) mass is 393 g/mol. The molecule has 1 aliphatic rings. The van der Waals surface area contributed by atoms with Crippen LogP contribution in [0.15, 0.2) is 36.4 Å². The fraction of sp³-hybridized carbons (Fsp3) is 0.263. The first-order chi connectivity index (χ1) is 12.9. The highest BCUT2D eigenvalue weighted by Crippen LogP contribution is 2.38. The van der Waals surface area contributed by atoms with Crippen molar-refractivity contribution >= 4 is 23.5 Å². The zero-order chi connectivity index (χ0) is 19.4. The van der Waals surface area contributed by atoms with Gasteiger partial charge in [0.15, 0.2) is 11.5 Å². The number of rotatable bonds is 6. The van der Waals surface area contributed by atoms with Crippen molar-refractivity contribution in [3.63, 3.8) is 0 Å². The molecule has 0 fully saturated rings. The minimum Gasteiger partial charge on any atom is -0.486 e. The molecule has 2 N–H and O–H groups in total. The number of benzene rings is 2. The van der Waals surface area contributed by atoms with E-state index in [1.165, 1.54) is 24.3 Å². The standard InChI is InChI=1S/C19H17ClFNO5/c20-14-7-11(8-16-19(14)27-6-5-26-16)9-17(23)22-15(10-18(24)25)12-1-3-13(21)4-2-12/h1-4,7-8,15H,5-6,9-10H2,(H,22,23)(H,24,25). The van der Waals surface area contributed by atoms with Crippen molar-refractivity contribution in [2.45, 2.75) is 18.9 Å². The predicted molar refractivity (Wildman–Crippen MR) is 95.7 cm³/mol. The number of fused-ring (bicyclic) bond motifs is 1. The maximum atomic E-state index is 13.1. The number of nitrogens with one attached hydrogen (secondary N) is 1. The van der Waals surface area contributed by atoms with Gasteiger partial charge in [-0.1, -0.05) is 23.7 Å². The third-order valence-corrected chi connectivity index (χ3v) is 4.29. The van der Waals surface area contributed by atoms with Gasteiger partial charge in [0, 0.05) is 0 Å². The second kappa shape index (κ2) is 8.26. The van der Waals surface area contributed by atoms with Crippen LogP contribution in [0.2, 0.25) is 5.02 Å². The highest BCUT2D eigenvalue weighted by Gasteiger charge is 2.21. The van der Waals surface area contributed by atoms with Gasteiger partial charge >= 0.3 is 5.97 Å². The normalized spacial score (nSPS) is 13.7. The number of carboxylic acid groups (broad SMARTS) is 1. The number of aliphatic carboxylic acids is 1. The Balaban J connectivity index is 1.73. The molecule has 3 rings (SSSR count). The minimum atomic E-state index is -1.08. The maximum absolute atomic E-state index is 13.1. The summed E-state index contributed by atoms with van der Waals surface area (Å²) in [5, 5.41) is 12.1. The van der Waals surface area contributed by atoms with Crippen LogP contribution in [0.3, 0.4) is 0 Å². The van der Waals surface area contributed by atoms with E-state index < -0.39 is 23.7 Å². The third kappa shape index (κ3) is 4.89. The number of amides is 1. The number of hydrogen-bond acceptors (Lipinski definition) is 4. The average molecular weight is 394 g/mol. The number of carbonyl (C=O) groups excluding carboxylic acids is 1. The molecule has 0 aromatic heterocycles. The molecule has 6 nitrogen and oxygen atoms in total. The summed E-state index contributed by atoms with van der Waals surface area (Å²) in [6.45, 7) is 0.797. The molecule has 0 saturated heterocycles. The van der Waals surface area contributed by atoms with Gasteiger partial charge in [0.25, 0.3) is 0 Å². The van der Waals surface area contributed by atoms with Crippen molar-refractivity contribution < 1.29 is 28.6 Å². The highest BCUT2D eigenvalue weighted by molar-refractivity contribution is 6.32. The quantitative estimate of drug-likeness (QED) is 0.787. The molecule has 0 saturated carbocycles. The van der Waals surface area contributed by atoms with Crippen molar-refractivity contribution in [2.24, 2.45) is 0 Å². The number of carbonyl (C=O) groups is 2. The molecular weight excluding hydrogens is 377 g/mol. The molecular formula is C19H17ClFNO5. The number of halogens is 2. The number of ether oxygens (including phenoxy) is 2. The molecule has 2 aromatic rings. The van der Waals surface area contributed by atoms with E-state index in [1.807, 2.05) is 0 Å². The van der Waals surface area contributed by atoms with Crippen molar-refractivity contribution in [2.75, 3.05) is 13.2 Å². The lowest BCUT2D eigenvalue weighted by molar-refractivity contribution is -0.137. The molecule has 1 heterocycles. The second-order valence-corrected chi connectivity index (χ2v) is 6.46. The Morgan fingerprint density at radius 1 is 1.19 bits per heavy atom. The molecule has 0 spiro atoms. The molecule has 0 radical (unpaired) electrons. The first kappa shape index (κ1) is 19.0. The number of hydrogen-bond donors (Lipinski definition) is 2. The molecule has 0 bridgehead atoms. The summed E-state index contributed by atoms with van der Waals surface area (Å²) >= 11 is 6.17. The van der Waals surface area contributed by atoms with Gasteiger partial charge in [-0.2, -0.15) is 0 Å². The maximum Gasteiger partial charge on any atom is 0.305 e. The van der Waals surface area contributed by atoms with E-state index in [-0.39, 0.29) is 12.8 Å². The van der Waals surface area contributed by atoms with Crippen LogP contribution >= 0.6 is 11.6 Å². The van der Waals surface area contributed by atoms with E-state index in [4.69, 9.17) is 26.2 Å². The van der Waals surface area contributed by atoms with Crippen LogP contribution in [-0.4, -0.2) is 30.2 Å². The van der Waals surface area contributed by atoms with Gasteiger partial charge < -0.3 is 19.9 Å². The van der Waals surface area contributed by atoms with Crippen molar-refractivity contribution in [3.05, 3.63) is 58.4 Å². The van der Waals surface area contributed by atoms with Gasteiger partial charge in [0.1, 0.15) is 19.0 Å². The van der Waals surface area contributed by atoms with Crippen LogP contribution in [0.1, 0.15) is 23.6 Å². The van der Waals surface area contributed by atoms with E-state index in [1.54, 1.807) is 12.1 Å². The zero-order valence-electron chi connectivity index (χ0n) is 14.2. The molecule has 1 unspecified atom stereocenters. The van der Waals surface area contributed by atoms with Crippen LogP contribution in [-0.2, 0) is 16.0 Å². The van der Waals surface area contributed by atoms with E-state index in [2.05, 4.69) is 5.32 Å². The Hall–Kier alpha value is -2.80. The molecule has 0 aliphatic carbocycles. The molecule has 27 heavy (non-hydrogen) atoms. The van der Waals surface area contributed by atoms with Crippen LogP contribution in [0.25, 0.3) is 0 Å². The zero-order valence-corrected chi connectivity index (χ0v) is 15.0. The Morgan fingerprint density at radius 3 is 2.59 bits per heavy atom. The fourth-order valence-corrected chi connectivity index (χ4v) is 3.11. The largest absolute Gasteiger partial charge is 0.486 e. The fourth-order valence-electron chi connectivity index (χ4n) is 2.82. The summed E-state index contributed by atoms with van der Waals surface area (Å²) in [6.07, 6.45) is -0.340. The smallest absolute Gasteiger partial charge is 0.305 e. The second-order valence-electron chi connectivity index (χ2n) is 6.05. The lowest BCUT2D eigenvalue weighted by atomic mass is 10.0. The van der Waals surface area contributed by atoms with Gasteiger partial charge in [0.05, 0.1) is 23.9 Å². The van der Waals surface area contributed by atoms with E-state index in [0.29, 0.717) is 40.9 Å². The predicted octanol–water partition coefficient (Wildman–Crippen LogP) is 3.13. The Morgan fingerprint density at radius 2 is 1.89 bits per heavy atom. The summed E-state index contributed by atoms with van der Waals surface area (Å²) < 4.78 is 24.0. The van der Waals surface area contributed by atoms with Crippen molar-refractivity contribution in [3.8, 4) is 11.5 Å². The molecule has 8 heteroatoms. The molecule has 2 aromatic carbocycles. The van der Waals surface area contributed by atoms with Gasteiger partial charge in [0.2, 0.25) is 5.91 Å². The lowest BCUT2D eigenvalue weighted by Crippen LogP contribution is -2.31.